The van der Waals surface area contributed by atoms with Gasteiger partial charge in [0.15, 0.2) is 5.82 Å². The summed E-state index contributed by atoms with van der Waals surface area (Å²) in [6, 6.07) is 4.90. The monoisotopic (exact) mass is 284 g/mol. The summed E-state index contributed by atoms with van der Waals surface area (Å²) in [6.45, 7) is 1.89. The van der Waals surface area contributed by atoms with Gasteiger partial charge in [-0.3, -0.25) is 9.82 Å². The lowest BCUT2D eigenvalue weighted by Gasteiger charge is -2.07. The average Bonchev–Trinajstić information content (AvgIpc) is 2.79. The number of H-pyrrole nitrogens is 1. The van der Waals surface area contributed by atoms with Crippen molar-refractivity contribution in [3.05, 3.63) is 35.8 Å². The fourth-order valence-electron chi connectivity index (χ4n) is 1.51. The maximum atomic E-state index is 13.5. The van der Waals surface area contributed by atoms with E-state index in [1.807, 2.05) is 6.92 Å². The van der Waals surface area contributed by atoms with E-state index in [9.17, 15) is 12.8 Å². The largest absolute Gasteiger partial charge is 0.399 e. The van der Waals surface area contributed by atoms with Crippen molar-refractivity contribution >= 4 is 21.5 Å². The van der Waals surface area contributed by atoms with Crippen molar-refractivity contribution in [2.75, 3.05) is 10.5 Å². The van der Waals surface area contributed by atoms with Gasteiger partial charge >= 0.3 is 0 Å². The number of nitrogen functional groups attached to an aromatic ring is 1. The first-order valence-electron chi connectivity index (χ1n) is 5.54. The maximum Gasteiger partial charge on any atom is 0.266 e. The van der Waals surface area contributed by atoms with E-state index in [1.165, 1.54) is 6.07 Å². The molecule has 102 valence electrons. The third-order valence-corrected chi connectivity index (χ3v) is 3.87. The standard InChI is InChI=1S/C11H13FN4O2S/c1-2-8-6-11(15-14-8)16-19(17,18)10-5-7(13)3-4-9(10)12/h3-6H,2,13H2,1H3,(H2,14,15,16). The first-order valence-corrected chi connectivity index (χ1v) is 7.03. The SMILES string of the molecule is CCc1cc(NS(=O)(=O)c2cc(N)ccc2F)n[nH]1. The fraction of sp³-hybridized carbons (Fsp3) is 0.182. The predicted octanol–water partition coefficient (Wildman–Crippen LogP) is 1.49. The lowest BCUT2D eigenvalue weighted by Crippen LogP contribution is -2.15. The molecule has 0 aliphatic rings. The smallest absolute Gasteiger partial charge is 0.266 e. The third-order valence-electron chi connectivity index (χ3n) is 2.50. The van der Waals surface area contributed by atoms with Gasteiger partial charge in [0.05, 0.1) is 0 Å². The van der Waals surface area contributed by atoms with Crippen molar-refractivity contribution in [3.8, 4) is 0 Å². The van der Waals surface area contributed by atoms with Crippen LogP contribution in [0.1, 0.15) is 12.6 Å². The Hall–Kier alpha value is -2.09. The number of halogens is 1. The van der Waals surface area contributed by atoms with E-state index in [4.69, 9.17) is 5.73 Å². The summed E-state index contributed by atoms with van der Waals surface area (Å²) in [6.07, 6.45) is 0.682. The molecule has 2 aromatic rings. The highest BCUT2D eigenvalue weighted by molar-refractivity contribution is 7.92. The van der Waals surface area contributed by atoms with Crippen molar-refractivity contribution in [1.82, 2.24) is 10.2 Å². The molecule has 1 aromatic carbocycles. The lowest BCUT2D eigenvalue weighted by atomic mass is 10.3. The Bertz CT molecular complexity index is 696. The number of aryl methyl sites for hydroxylation is 1. The summed E-state index contributed by atoms with van der Waals surface area (Å²) in [5, 5.41) is 6.44. The van der Waals surface area contributed by atoms with E-state index in [0.717, 1.165) is 17.8 Å². The molecule has 0 bridgehead atoms. The van der Waals surface area contributed by atoms with Gasteiger partial charge in [-0.25, -0.2) is 12.8 Å². The molecule has 1 aromatic heterocycles. The second-order valence-corrected chi connectivity index (χ2v) is 5.58. The Morgan fingerprint density at radius 1 is 1.42 bits per heavy atom. The number of nitrogens with one attached hydrogen (secondary N) is 2. The van der Waals surface area contributed by atoms with E-state index in [1.54, 1.807) is 6.07 Å². The molecule has 0 saturated heterocycles. The van der Waals surface area contributed by atoms with Gasteiger partial charge in [-0.1, -0.05) is 6.92 Å². The predicted molar refractivity (Wildman–Crippen MR) is 69.6 cm³/mol. The Labute approximate surface area is 109 Å². The zero-order valence-corrected chi connectivity index (χ0v) is 11.0. The summed E-state index contributed by atoms with van der Waals surface area (Å²) >= 11 is 0. The first kappa shape index (κ1) is 13.3. The van der Waals surface area contributed by atoms with Crippen LogP contribution in [0.4, 0.5) is 15.9 Å². The van der Waals surface area contributed by atoms with Crippen LogP contribution >= 0.6 is 0 Å². The number of benzene rings is 1. The first-order chi connectivity index (χ1) is 8.92. The van der Waals surface area contributed by atoms with Gasteiger partial charge in [0, 0.05) is 17.4 Å². The van der Waals surface area contributed by atoms with E-state index < -0.39 is 20.7 Å². The van der Waals surface area contributed by atoms with Crippen LogP contribution in [-0.2, 0) is 16.4 Å². The molecule has 0 radical (unpaired) electrons. The molecule has 8 heteroatoms. The van der Waals surface area contributed by atoms with Crippen LogP contribution in [0.3, 0.4) is 0 Å². The maximum absolute atomic E-state index is 13.5. The summed E-state index contributed by atoms with van der Waals surface area (Å²) in [7, 11) is -4.05. The van der Waals surface area contributed by atoms with Crippen molar-refractivity contribution < 1.29 is 12.8 Å². The number of nitrogens with zero attached hydrogens (tertiary/aromatic N) is 1. The normalized spacial score (nSPS) is 11.5. The number of rotatable bonds is 4. The van der Waals surface area contributed by atoms with Crippen LogP contribution in [0.5, 0.6) is 0 Å². The molecule has 0 aliphatic heterocycles. The van der Waals surface area contributed by atoms with Crippen molar-refractivity contribution in [1.29, 1.82) is 0 Å². The molecule has 0 fully saturated rings. The van der Waals surface area contributed by atoms with Gasteiger partial charge in [0.1, 0.15) is 10.7 Å². The van der Waals surface area contributed by atoms with E-state index in [2.05, 4.69) is 14.9 Å². The van der Waals surface area contributed by atoms with Crippen LogP contribution < -0.4 is 10.5 Å². The molecular formula is C11H13FN4O2S. The summed E-state index contributed by atoms with van der Waals surface area (Å²) in [5.41, 5.74) is 6.40. The van der Waals surface area contributed by atoms with Gasteiger partial charge in [0.2, 0.25) is 0 Å². The molecule has 6 nitrogen and oxygen atoms in total. The molecule has 2 rings (SSSR count). The van der Waals surface area contributed by atoms with E-state index in [0.29, 0.717) is 6.42 Å². The fourth-order valence-corrected chi connectivity index (χ4v) is 2.62. The second-order valence-electron chi connectivity index (χ2n) is 3.93. The molecular weight excluding hydrogens is 271 g/mol. The van der Waals surface area contributed by atoms with Crippen LogP contribution in [0.15, 0.2) is 29.2 Å². The number of anilines is 2. The van der Waals surface area contributed by atoms with E-state index in [-0.39, 0.29) is 11.5 Å². The molecule has 4 N–H and O–H groups in total. The molecule has 0 amide bonds. The molecule has 0 spiro atoms. The average molecular weight is 284 g/mol. The minimum atomic E-state index is -4.05. The Morgan fingerprint density at radius 3 is 2.79 bits per heavy atom. The highest BCUT2D eigenvalue weighted by Crippen LogP contribution is 2.20. The highest BCUT2D eigenvalue weighted by Gasteiger charge is 2.20. The van der Waals surface area contributed by atoms with Crippen molar-refractivity contribution in [2.24, 2.45) is 0 Å². The van der Waals surface area contributed by atoms with Gasteiger partial charge < -0.3 is 5.73 Å². The number of aromatic amines is 1. The quantitative estimate of drug-likeness (QED) is 0.740. The molecule has 19 heavy (non-hydrogen) atoms. The summed E-state index contributed by atoms with van der Waals surface area (Å²) < 4.78 is 39.8. The van der Waals surface area contributed by atoms with Gasteiger partial charge in [-0.15, -0.1) is 0 Å². The molecule has 0 atom stereocenters. The minimum absolute atomic E-state index is 0.110. The van der Waals surface area contributed by atoms with Crippen LogP contribution in [0, 0.1) is 5.82 Å². The van der Waals surface area contributed by atoms with Gasteiger partial charge in [0.25, 0.3) is 10.0 Å². The van der Waals surface area contributed by atoms with Crippen molar-refractivity contribution in [2.45, 2.75) is 18.2 Å². The topological polar surface area (TPSA) is 101 Å². The van der Waals surface area contributed by atoms with Crippen LogP contribution in [-0.4, -0.2) is 18.6 Å². The number of hydrogen-bond donors (Lipinski definition) is 3. The highest BCUT2D eigenvalue weighted by atomic mass is 32.2. The number of hydrogen-bond acceptors (Lipinski definition) is 4. The summed E-state index contributed by atoms with van der Waals surface area (Å²) in [5.74, 6) is -0.758. The number of nitrogens with two attached hydrogens (primary N) is 1. The van der Waals surface area contributed by atoms with Gasteiger partial charge in [-0.05, 0) is 24.6 Å². The zero-order valence-electron chi connectivity index (χ0n) is 10.1. The van der Waals surface area contributed by atoms with Crippen molar-refractivity contribution in [3.63, 3.8) is 0 Å². The minimum Gasteiger partial charge on any atom is -0.399 e. The molecule has 0 unspecified atom stereocenters. The zero-order chi connectivity index (χ0) is 14.0. The summed E-state index contributed by atoms with van der Waals surface area (Å²) in [4.78, 5) is -0.506. The number of aromatic nitrogens is 2. The Morgan fingerprint density at radius 2 is 2.16 bits per heavy atom. The lowest BCUT2D eigenvalue weighted by molar-refractivity contribution is 0.570. The molecule has 0 aliphatic carbocycles. The Kier molecular flexibility index (Phi) is 3.43. The van der Waals surface area contributed by atoms with Gasteiger partial charge in [-0.2, -0.15) is 5.10 Å². The third kappa shape index (κ3) is 2.84. The van der Waals surface area contributed by atoms with Crippen LogP contribution in [0.2, 0.25) is 0 Å². The second kappa shape index (κ2) is 4.88. The number of sulfonamides is 1. The van der Waals surface area contributed by atoms with E-state index >= 15 is 0 Å². The molecule has 1 heterocycles. The van der Waals surface area contributed by atoms with Crippen LogP contribution in [0.25, 0.3) is 0 Å². The Balaban J connectivity index is 2.34. The molecule has 0 saturated carbocycles.